The molecule has 0 aliphatic carbocycles. The molecule has 0 fully saturated rings. The summed E-state index contributed by atoms with van der Waals surface area (Å²) < 4.78 is 0. The molecule has 1 aromatic heterocycles. The van der Waals surface area contributed by atoms with Gasteiger partial charge in [0.15, 0.2) is 0 Å². The van der Waals surface area contributed by atoms with Gasteiger partial charge in [-0.3, -0.25) is 0 Å². The SMILES string of the molecule is OC1=C(c2ccccc2)CNc2scc(-c3ccc(-c4cccc(O)c4)cc3)c21. The summed E-state index contributed by atoms with van der Waals surface area (Å²) >= 11 is 1.61. The number of phenols is 1. The Labute approximate surface area is 173 Å². The highest BCUT2D eigenvalue weighted by Gasteiger charge is 2.24. The predicted molar refractivity (Wildman–Crippen MR) is 121 cm³/mol. The first-order valence-electron chi connectivity index (χ1n) is 9.44. The number of anilines is 1. The van der Waals surface area contributed by atoms with Crippen LogP contribution >= 0.6 is 11.3 Å². The first kappa shape index (κ1) is 17.6. The average molecular weight is 397 g/mol. The van der Waals surface area contributed by atoms with Gasteiger partial charge in [0.2, 0.25) is 0 Å². The number of rotatable bonds is 3. The Morgan fingerprint density at radius 2 is 1.45 bits per heavy atom. The van der Waals surface area contributed by atoms with E-state index in [-0.39, 0.29) is 5.75 Å². The van der Waals surface area contributed by atoms with Crippen LogP contribution in [0.25, 0.3) is 33.6 Å². The Kier molecular flexibility index (Phi) is 4.34. The van der Waals surface area contributed by atoms with Crippen LogP contribution in [0, 0.1) is 0 Å². The van der Waals surface area contributed by atoms with E-state index in [4.69, 9.17) is 0 Å². The summed E-state index contributed by atoms with van der Waals surface area (Å²) in [6, 6.07) is 25.5. The minimum Gasteiger partial charge on any atom is -0.508 e. The third-order valence-electron chi connectivity index (χ3n) is 5.24. The molecule has 3 N–H and O–H groups in total. The molecule has 0 unspecified atom stereocenters. The molecular weight excluding hydrogens is 378 g/mol. The maximum atomic E-state index is 11.1. The number of fused-ring (bicyclic) bond motifs is 1. The molecule has 0 atom stereocenters. The number of aromatic hydroxyl groups is 1. The van der Waals surface area contributed by atoms with Crippen LogP contribution in [0.2, 0.25) is 0 Å². The second-order valence-electron chi connectivity index (χ2n) is 7.03. The van der Waals surface area contributed by atoms with Gasteiger partial charge in [-0.15, -0.1) is 11.3 Å². The van der Waals surface area contributed by atoms with Crippen molar-refractivity contribution in [1.82, 2.24) is 0 Å². The normalized spacial score (nSPS) is 13.1. The zero-order valence-electron chi connectivity index (χ0n) is 15.6. The number of hydrogen-bond acceptors (Lipinski definition) is 4. The van der Waals surface area contributed by atoms with Crippen molar-refractivity contribution in [1.29, 1.82) is 0 Å². The lowest BCUT2D eigenvalue weighted by Crippen LogP contribution is -2.12. The minimum atomic E-state index is 0.257. The fourth-order valence-electron chi connectivity index (χ4n) is 3.74. The summed E-state index contributed by atoms with van der Waals surface area (Å²) in [7, 11) is 0. The van der Waals surface area contributed by atoms with Crippen LogP contribution in [0.4, 0.5) is 5.00 Å². The number of benzene rings is 3. The quantitative estimate of drug-likeness (QED) is 0.363. The van der Waals surface area contributed by atoms with E-state index < -0.39 is 0 Å². The second-order valence-corrected chi connectivity index (χ2v) is 7.91. The van der Waals surface area contributed by atoms with Crippen LogP contribution in [-0.4, -0.2) is 16.8 Å². The van der Waals surface area contributed by atoms with E-state index in [9.17, 15) is 10.2 Å². The summed E-state index contributed by atoms with van der Waals surface area (Å²) in [5.74, 6) is 0.603. The van der Waals surface area contributed by atoms with E-state index in [2.05, 4.69) is 22.8 Å². The Balaban J connectivity index is 1.55. The van der Waals surface area contributed by atoms with Crippen molar-refractivity contribution in [3.63, 3.8) is 0 Å². The van der Waals surface area contributed by atoms with E-state index in [1.165, 1.54) is 0 Å². The number of nitrogens with one attached hydrogen (secondary N) is 1. The molecule has 3 nitrogen and oxygen atoms in total. The Morgan fingerprint density at radius 1 is 0.724 bits per heavy atom. The lowest BCUT2D eigenvalue weighted by atomic mass is 9.94. The zero-order chi connectivity index (χ0) is 19.8. The molecule has 0 amide bonds. The van der Waals surface area contributed by atoms with Crippen molar-refractivity contribution >= 4 is 27.7 Å². The van der Waals surface area contributed by atoms with E-state index in [1.807, 2.05) is 54.6 Å². The molecule has 0 saturated carbocycles. The Bertz CT molecular complexity index is 1210. The van der Waals surface area contributed by atoms with Crippen molar-refractivity contribution in [2.45, 2.75) is 0 Å². The fraction of sp³-hybridized carbons (Fsp3) is 0.0400. The lowest BCUT2D eigenvalue weighted by molar-refractivity contribution is 0.475. The highest BCUT2D eigenvalue weighted by atomic mass is 32.1. The molecule has 3 aromatic carbocycles. The topological polar surface area (TPSA) is 52.5 Å². The molecule has 0 bridgehead atoms. The third kappa shape index (κ3) is 3.18. The van der Waals surface area contributed by atoms with Crippen LogP contribution in [-0.2, 0) is 0 Å². The molecule has 142 valence electrons. The van der Waals surface area contributed by atoms with E-state index in [0.29, 0.717) is 12.3 Å². The van der Waals surface area contributed by atoms with Crippen LogP contribution < -0.4 is 5.32 Å². The summed E-state index contributed by atoms with van der Waals surface area (Å²) in [5.41, 5.74) is 6.88. The van der Waals surface area contributed by atoms with Crippen LogP contribution in [0.5, 0.6) is 5.75 Å². The molecule has 1 aliphatic heterocycles. The molecule has 29 heavy (non-hydrogen) atoms. The Hall–Kier alpha value is -3.50. The van der Waals surface area contributed by atoms with Crippen LogP contribution in [0.3, 0.4) is 0 Å². The summed E-state index contributed by atoms with van der Waals surface area (Å²) in [4.78, 5) is 0. The molecule has 4 aromatic rings. The van der Waals surface area contributed by atoms with Gasteiger partial charge >= 0.3 is 0 Å². The van der Waals surface area contributed by atoms with Gasteiger partial charge in [-0.1, -0.05) is 66.7 Å². The van der Waals surface area contributed by atoms with Crippen molar-refractivity contribution in [2.24, 2.45) is 0 Å². The van der Waals surface area contributed by atoms with Gasteiger partial charge in [-0.25, -0.2) is 0 Å². The van der Waals surface area contributed by atoms with Crippen LogP contribution in [0.15, 0.2) is 84.2 Å². The van der Waals surface area contributed by atoms with Crippen molar-refractivity contribution in [2.75, 3.05) is 11.9 Å². The average Bonchev–Trinajstić information content (AvgIpc) is 3.20. The largest absolute Gasteiger partial charge is 0.508 e. The monoisotopic (exact) mass is 397 g/mol. The number of aliphatic hydroxyl groups excluding tert-OH is 1. The van der Waals surface area contributed by atoms with E-state index in [0.717, 1.165) is 44.0 Å². The fourth-order valence-corrected chi connectivity index (χ4v) is 4.71. The molecule has 4 heteroatoms. The lowest BCUT2D eigenvalue weighted by Gasteiger charge is -2.20. The number of phenolic OH excluding ortho intramolecular Hbond substituents is 1. The van der Waals surface area contributed by atoms with Crippen LogP contribution in [0.1, 0.15) is 11.1 Å². The minimum absolute atomic E-state index is 0.257. The molecular formula is C25H19NO2S. The first-order valence-corrected chi connectivity index (χ1v) is 10.3. The summed E-state index contributed by atoms with van der Waals surface area (Å²) in [6.45, 7) is 0.610. The summed E-state index contributed by atoms with van der Waals surface area (Å²) in [5, 5.41) is 27.3. The molecule has 0 saturated heterocycles. The summed E-state index contributed by atoms with van der Waals surface area (Å²) in [6.07, 6.45) is 0. The van der Waals surface area contributed by atoms with Crippen molar-refractivity contribution in [3.8, 4) is 28.0 Å². The highest BCUT2D eigenvalue weighted by Crippen LogP contribution is 2.44. The molecule has 5 rings (SSSR count). The maximum Gasteiger partial charge on any atom is 0.131 e. The van der Waals surface area contributed by atoms with Crippen molar-refractivity contribution in [3.05, 3.63) is 95.4 Å². The number of aliphatic hydroxyl groups is 1. The highest BCUT2D eigenvalue weighted by molar-refractivity contribution is 7.15. The smallest absolute Gasteiger partial charge is 0.131 e. The Morgan fingerprint density at radius 3 is 2.21 bits per heavy atom. The molecule has 0 radical (unpaired) electrons. The van der Waals surface area contributed by atoms with Crippen molar-refractivity contribution < 1.29 is 10.2 Å². The van der Waals surface area contributed by atoms with E-state index in [1.54, 1.807) is 23.5 Å². The maximum absolute atomic E-state index is 11.1. The van der Waals surface area contributed by atoms with Gasteiger partial charge in [0.25, 0.3) is 0 Å². The standard InChI is InChI=1S/C25H19NO2S/c27-20-8-4-7-19(13-20)16-9-11-18(12-10-16)22-15-29-25-23(22)24(28)21(14-26-25)17-5-2-1-3-6-17/h1-13,15,26-28H,14H2. The van der Waals surface area contributed by atoms with Gasteiger partial charge < -0.3 is 15.5 Å². The zero-order valence-corrected chi connectivity index (χ0v) is 16.4. The van der Waals surface area contributed by atoms with E-state index >= 15 is 0 Å². The van der Waals surface area contributed by atoms with Gasteiger partial charge in [0, 0.05) is 23.1 Å². The first-order chi connectivity index (χ1) is 14.2. The van der Waals surface area contributed by atoms with Gasteiger partial charge in [-0.05, 0) is 34.4 Å². The van der Waals surface area contributed by atoms with Gasteiger partial charge in [0.05, 0.1) is 5.56 Å². The molecule has 0 spiro atoms. The number of thiophene rings is 1. The molecule has 1 aliphatic rings. The number of hydrogen-bond donors (Lipinski definition) is 3. The molecule has 2 heterocycles. The third-order valence-corrected chi connectivity index (χ3v) is 6.17. The van der Waals surface area contributed by atoms with Gasteiger partial charge in [0.1, 0.15) is 16.5 Å². The van der Waals surface area contributed by atoms with Gasteiger partial charge in [-0.2, -0.15) is 0 Å². The second kappa shape index (κ2) is 7.15. The predicted octanol–water partition coefficient (Wildman–Crippen LogP) is 6.64.